The van der Waals surface area contributed by atoms with Crippen LogP contribution in [0.3, 0.4) is 0 Å². The average molecular weight is 319 g/mol. The largest absolute Gasteiger partial charge is 0.342 e. The predicted octanol–water partition coefficient (Wildman–Crippen LogP) is 0.760. The maximum Gasteiger partial charge on any atom is 0.227 e. The summed E-state index contributed by atoms with van der Waals surface area (Å²) in [7, 11) is 4.19. The van der Waals surface area contributed by atoms with Crippen LogP contribution in [0.4, 0.5) is 0 Å². The van der Waals surface area contributed by atoms with E-state index >= 15 is 0 Å². The van der Waals surface area contributed by atoms with Gasteiger partial charge in [-0.05, 0) is 39.9 Å². The number of aromatic nitrogens is 2. The molecule has 2 aliphatic heterocycles. The number of carbonyl (C=O) groups is 1. The van der Waals surface area contributed by atoms with Crippen molar-refractivity contribution < 1.29 is 4.79 Å². The van der Waals surface area contributed by atoms with Gasteiger partial charge >= 0.3 is 0 Å². The molecule has 1 N–H and O–H groups in total. The minimum atomic E-state index is 0.202. The van der Waals surface area contributed by atoms with Crippen LogP contribution in [-0.2, 0) is 11.3 Å². The number of amides is 1. The van der Waals surface area contributed by atoms with Crippen molar-refractivity contribution in [2.45, 2.75) is 31.7 Å². The smallest absolute Gasteiger partial charge is 0.227 e. The first kappa shape index (κ1) is 16.5. The Morgan fingerprint density at radius 2 is 2.13 bits per heavy atom. The van der Waals surface area contributed by atoms with E-state index in [2.05, 4.69) is 45.0 Å². The van der Waals surface area contributed by atoms with Crippen LogP contribution in [0.2, 0.25) is 0 Å². The van der Waals surface area contributed by atoms with E-state index < -0.39 is 0 Å². The Kier molecular flexibility index (Phi) is 5.33. The summed E-state index contributed by atoms with van der Waals surface area (Å²) < 4.78 is 2.28. The Bertz CT molecular complexity index is 513. The number of piperidine rings is 1. The lowest BCUT2D eigenvalue weighted by molar-refractivity contribution is -0.136. The van der Waals surface area contributed by atoms with E-state index in [0.717, 1.165) is 58.5 Å². The first-order valence-corrected chi connectivity index (χ1v) is 8.80. The van der Waals surface area contributed by atoms with Crippen LogP contribution in [-0.4, -0.2) is 72.1 Å². The first-order chi connectivity index (χ1) is 11.1. The highest BCUT2D eigenvalue weighted by Gasteiger charge is 2.31. The molecule has 0 unspecified atom stereocenters. The second-order valence-electron chi connectivity index (χ2n) is 7.07. The quantitative estimate of drug-likeness (QED) is 0.871. The number of nitrogens with zero attached hydrogens (tertiary/aromatic N) is 4. The fraction of sp³-hybridized carbons (Fsp3) is 0.765. The third kappa shape index (κ3) is 3.93. The third-order valence-electron chi connectivity index (χ3n) is 5.12. The van der Waals surface area contributed by atoms with Crippen molar-refractivity contribution in [3.05, 3.63) is 18.2 Å². The van der Waals surface area contributed by atoms with Gasteiger partial charge in [0, 0.05) is 51.0 Å². The summed E-state index contributed by atoms with van der Waals surface area (Å²) in [5, 5.41) is 3.29. The topological polar surface area (TPSA) is 53.4 Å². The number of imidazole rings is 1. The van der Waals surface area contributed by atoms with Crippen LogP contribution in [0.15, 0.2) is 12.4 Å². The minimum Gasteiger partial charge on any atom is -0.342 e. The van der Waals surface area contributed by atoms with Crippen molar-refractivity contribution in [3.63, 3.8) is 0 Å². The molecule has 1 amide bonds. The maximum atomic E-state index is 12.5. The second-order valence-corrected chi connectivity index (χ2v) is 7.07. The summed E-state index contributed by atoms with van der Waals surface area (Å²) in [6.07, 6.45) is 7.05. The number of likely N-dealkylation sites (N-methyl/N-ethyl adjacent to an activating group) is 1. The summed E-state index contributed by atoms with van der Waals surface area (Å²) in [6, 6.07) is 0. The van der Waals surface area contributed by atoms with Gasteiger partial charge in [0.1, 0.15) is 5.82 Å². The van der Waals surface area contributed by atoms with E-state index in [1.54, 1.807) is 0 Å². The fourth-order valence-electron chi connectivity index (χ4n) is 3.66. The lowest BCUT2D eigenvalue weighted by Crippen LogP contribution is -2.42. The summed E-state index contributed by atoms with van der Waals surface area (Å²) in [4.78, 5) is 21.4. The third-order valence-corrected chi connectivity index (χ3v) is 5.12. The molecule has 6 heteroatoms. The highest BCUT2D eigenvalue weighted by atomic mass is 16.2. The summed E-state index contributed by atoms with van der Waals surface area (Å²) in [5.41, 5.74) is 0. The van der Waals surface area contributed by atoms with Gasteiger partial charge in [-0.1, -0.05) is 0 Å². The van der Waals surface area contributed by atoms with Gasteiger partial charge in [0.25, 0.3) is 0 Å². The van der Waals surface area contributed by atoms with Crippen LogP contribution in [0.25, 0.3) is 0 Å². The molecule has 3 rings (SSSR count). The molecule has 2 fully saturated rings. The molecule has 0 radical (unpaired) electrons. The number of nitrogens with one attached hydrogen (secondary N) is 1. The molecule has 1 atom stereocenters. The average Bonchev–Trinajstić information content (AvgIpc) is 3.24. The van der Waals surface area contributed by atoms with Crippen LogP contribution < -0.4 is 5.32 Å². The van der Waals surface area contributed by atoms with Crippen molar-refractivity contribution in [1.29, 1.82) is 0 Å². The van der Waals surface area contributed by atoms with Crippen molar-refractivity contribution in [1.82, 2.24) is 24.7 Å². The number of hydrogen-bond acceptors (Lipinski definition) is 4. The lowest BCUT2D eigenvalue weighted by Gasteiger charge is -2.33. The highest BCUT2D eigenvalue weighted by molar-refractivity contribution is 5.79. The summed E-state index contributed by atoms with van der Waals surface area (Å²) in [5.74, 6) is 2.23. The Hall–Kier alpha value is -1.40. The molecular weight excluding hydrogens is 290 g/mol. The molecule has 6 nitrogen and oxygen atoms in total. The molecule has 1 aromatic rings. The van der Waals surface area contributed by atoms with Crippen molar-refractivity contribution in [2.75, 3.05) is 46.8 Å². The van der Waals surface area contributed by atoms with E-state index in [4.69, 9.17) is 0 Å². The van der Waals surface area contributed by atoms with Crippen LogP contribution in [0.5, 0.6) is 0 Å². The molecule has 2 saturated heterocycles. The SMILES string of the molecule is CN(C)CCn1ccnc1C1CCN(C(=O)[C@H]2CCNC2)CC1. The molecule has 0 aliphatic carbocycles. The van der Waals surface area contributed by atoms with E-state index in [1.165, 1.54) is 5.82 Å². The lowest BCUT2D eigenvalue weighted by atomic mass is 9.94. The Morgan fingerprint density at radius 1 is 1.35 bits per heavy atom. The molecule has 2 aliphatic rings. The number of hydrogen-bond donors (Lipinski definition) is 1. The molecule has 0 spiro atoms. The monoisotopic (exact) mass is 319 g/mol. The second kappa shape index (κ2) is 7.45. The summed E-state index contributed by atoms with van der Waals surface area (Å²) >= 11 is 0. The van der Waals surface area contributed by atoms with E-state index in [-0.39, 0.29) is 5.92 Å². The van der Waals surface area contributed by atoms with E-state index in [0.29, 0.717) is 11.8 Å². The van der Waals surface area contributed by atoms with Crippen molar-refractivity contribution in [2.24, 2.45) is 5.92 Å². The van der Waals surface area contributed by atoms with Gasteiger partial charge in [-0.25, -0.2) is 4.98 Å². The summed E-state index contributed by atoms with van der Waals surface area (Å²) in [6.45, 7) is 5.59. The zero-order valence-electron chi connectivity index (χ0n) is 14.4. The Balaban J connectivity index is 1.54. The molecule has 1 aromatic heterocycles. The van der Waals surface area contributed by atoms with Crippen molar-refractivity contribution in [3.8, 4) is 0 Å². The molecular formula is C17H29N5O. The fourth-order valence-corrected chi connectivity index (χ4v) is 3.66. The van der Waals surface area contributed by atoms with Gasteiger partial charge in [0.2, 0.25) is 5.91 Å². The molecule has 23 heavy (non-hydrogen) atoms. The standard InChI is InChI=1S/C17H29N5O/c1-20(2)11-12-21-10-7-19-16(21)14-4-8-22(9-5-14)17(23)15-3-6-18-13-15/h7,10,14-15,18H,3-6,8-9,11-13H2,1-2H3/t15-/m0/s1. The molecule has 0 aromatic carbocycles. The zero-order chi connectivity index (χ0) is 16.2. The van der Waals surface area contributed by atoms with Gasteiger partial charge in [0.05, 0.1) is 5.92 Å². The molecule has 0 bridgehead atoms. The van der Waals surface area contributed by atoms with Gasteiger partial charge in [-0.15, -0.1) is 0 Å². The van der Waals surface area contributed by atoms with Gasteiger partial charge in [0.15, 0.2) is 0 Å². The normalized spacial score (nSPS) is 22.9. The van der Waals surface area contributed by atoms with Crippen LogP contribution >= 0.6 is 0 Å². The van der Waals surface area contributed by atoms with Gasteiger partial charge in [-0.3, -0.25) is 4.79 Å². The van der Waals surface area contributed by atoms with Crippen molar-refractivity contribution >= 4 is 5.91 Å². The van der Waals surface area contributed by atoms with Crippen LogP contribution in [0.1, 0.15) is 31.0 Å². The van der Waals surface area contributed by atoms with Crippen LogP contribution in [0, 0.1) is 5.92 Å². The number of rotatable bonds is 5. The minimum absolute atomic E-state index is 0.202. The first-order valence-electron chi connectivity index (χ1n) is 8.80. The highest BCUT2D eigenvalue weighted by Crippen LogP contribution is 2.28. The number of likely N-dealkylation sites (tertiary alicyclic amines) is 1. The molecule has 128 valence electrons. The molecule has 0 saturated carbocycles. The number of carbonyl (C=O) groups excluding carboxylic acids is 1. The maximum absolute atomic E-state index is 12.5. The predicted molar refractivity (Wildman–Crippen MR) is 90.3 cm³/mol. The zero-order valence-corrected chi connectivity index (χ0v) is 14.4. The Morgan fingerprint density at radius 3 is 2.78 bits per heavy atom. The molecule has 3 heterocycles. The van der Waals surface area contributed by atoms with E-state index in [9.17, 15) is 4.79 Å². The van der Waals surface area contributed by atoms with Gasteiger partial charge < -0.3 is 19.7 Å². The van der Waals surface area contributed by atoms with E-state index in [1.807, 2.05) is 6.20 Å². The Labute approximate surface area is 138 Å². The van der Waals surface area contributed by atoms with Gasteiger partial charge in [-0.2, -0.15) is 0 Å².